The summed E-state index contributed by atoms with van der Waals surface area (Å²) in [7, 11) is 0. The number of aromatic nitrogens is 2. The molecule has 1 saturated heterocycles. The average Bonchev–Trinajstić information content (AvgIpc) is 3.02. The molecule has 0 saturated carbocycles. The standard InChI is InChI=1S/C17H21N5O/c1-13(17-19-14(2)20-23-17)22-9-7-21(8-10-22)12-16-5-3-15(11-18)4-6-16/h3-6,13H,7-10,12H2,1-2H3/t13-/m0/s1. The van der Waals surface area contributed by atoms with Gasteiger partial charge in [0.1, 0.15) is 0 Å². The molecule has 1 fully saturated rings. The molecule has 0 amide bonds. The highest BCUT2D eigenvalue weighted by Crippen LogP contribution is 2.20. The predicted octanol–water partition coefficient (Wildman–Crippen LogP) is 2.13. The summed E-state index contributed by atoms with van der Waals surface area (Å²) in [5.41, 5.74) is 1.96. The molecule has 2 heterocycles. The normalized spacial score (nSPS) is 17.8. The van der Waals surface area contributed by atoms with Crippen molar-refractivity contribution in [1.29, 1.82) is 5.26 Å². The SMILES string of the molecule is Cc1noc([C@H](C)N2CCN(Cc3ccc(C#N)cc3)CC2)n1. The Labute approximate surface area is 136 Å². The van der Waals surface area contributed by atoms with Gasteiger partial charge in [-0.3, -0.25) is 9.80 Å². The quantitative estimate of drug-likeness (QED) is 0.861. The van der Waals surface area contributed by atoms with Gasteiger partial charge in [0.2, 0.25) is 5.89 Å². The van der Waals surface area contributed by atoms with E-state index in [4.69, 9.17) is 9.78 Å². The molecular weight excluding hydrogens is 290 g/mol. The van der Waals surface area contributed by atoms with Gasteiger partial charge in [-0.05, 0) is 31.5 Å². The van der Waals surface area contributed by atoms with Gasteiger partial charge < -0.3 is 4.52 Å². The van der Waals surface area contributed by atoms with Crippen molar-refractivity contribution in [2.45, 2.75) is 26.4 Å². The number of hydrogen-bond acceptors (Lipinski definition) is 6. The molecule has 0 spiro atoms. The Kier molecular flexibility index (Phi) is 4.70. The van der Waals surface area contributed by atoms with Crippen LogP contribution in [0.2, 0.25) is 0 Å². The van der Waals surface area contributed by atoms with E-state index in [1.54, 1.807) is 0 Å². The second kappa shape index (κ2) is 6.90. The first-order valence-corrected chi connectivity index (χ1v) is 7.91. The van der Waals surface area contributed by atoms with Gasteiger partial charge in [-0.25, -0.2) is 0 Å². The van der Waals surface area contributed by atoms with Gasteiger partial charge in [0, 0.05) is 32.7 Å². The number of benzene rings is 1. The molecule has 3 rings (SSSR count). The van der Waals surface area contributed by atoms with E-state index in [1.807, 2.05) is 31.2 Å². The fraction of sp³-hybridized carbons (Fsp3) is 0.471. The van der Waals surface area contributed by atoms with Crippen LogP contribution in [0, 0.1) is 18.3 Å². The summed E-state index contributed by atoms with van der Waals surface area (Å²) in [4.78, 5) is 9.14. The third kappa shape index (κ3) is 3.76. The molecule has 1 aromatic carbocycles. The lowest BCUT2D eigenvalue weighted by atomic mass is 10.1. The molecule has 1 aliphatic rings. The Morgan fingerprint density at radius 3 is 2.48 bits per heavy atom. The van der Waals surface area contributed by atoms with Crippen molar-refractivity contribution in [3.63, 3.8) is 0 Å². The lowest BCUT2D eigenvalue weighted by molar-refractivity contribution is 0.0845. The smallest absolute Gasteiger partial charge is 0.243 e. The maximum absolute atomic E-state index is 8.84. The van der Waals surface area contributed by atoms with Crippen LogP contribution in [0.25, 0.3) is 0 Å². The van der Waals surface area contributed by atoms with Crippen LogP contribution in [0.5, 0.6) is 0 Å². The first-order chi connectivity index (χ1) is 11.2. The van der Waals surface area contributed by atoms with Crippen LogP contribution in [0.4, 0.5) is 0 Å². The van der Waals surface area contributed by atoms with Crippen molar-refractivity contribution in [2.75, 3.05) is 26.2 Å². The van der Waals surface area contributed by atoms with E-state index in [-0.39, 0.29) is 6.04 Å². The molecule has 2 aromatic rings. The molecule has 0 N–H and O–H groups in total. The summed E-state index contributed by atoms with van der Waals surface area (Å²) >= 11 is 0. The molecule has 1 aromatic heterocycles. The van der Waals surface area contributed by atoms with Gasteiger partial charge in [-0.15, -0.1) is 0 Å². The van der Waals surface area contributed by atoms with Crippen molar-refractivity contribution < 1.29 is 4.52 Å². The maximum atomic E-state index is 8.84. The van der Waals surface area contributed by atoms with E-state index in [9.17, 15) is 0 Å². The zero-order valence-electron chi connectivity index (χ0n) is 13.6. The van der Waals surface area contributed by atoms with E-state index in [0.29, 0.717) is 17.3 Å². The topological polar surface area (TPSA) is 69.2 Å². The number of hydrogen-bond donors (Lipinski definition) is 0. The van der Waals surface area contributed by atoms with Crippen molar-refractivity contribution in [3.05, 3.63) is 47.1 Å². The first-order valence-electron chi connectivity index (χ1n) is 7.91. The maximum Gasteiger partial charge on any atom is 0.243 e. The van der Waals surface area contributed by atoms with Crippen molar-refractivity contribution in [2.24, 2.45) is 0 Å². The zero-order chi connectivity index (χ0) is 16.2. The van der Waals surface area contributed by atoms with E-state index in [1.165, 1.54) is 5.56 Å². The molecule has 6 nitrogen and oxygen atoms in total. The van der Waals surface area contributed by atoms with Crippen molar-refractivity contribution >= 4 is 0 Å². The lowest BCUT2D eigenvalue weighted by Crippen LogP contribution is -2.46. The number of piperazine rings is 1. The zero-order valence-corrected chi connectivity index (χ0v) is 13.6. The fourth-order valence-electron chi connectivity index (χ4n) is 2.89. The van der Waals surface area contributed by atoms with E-state index in [0.717, 1.165) is 32.7 Å². The Morgan fingerprint density at radius 1 is 1.22 bits per heavy atom. The minimum absolute atomic E-state index is 0.160. The van der Waals surface area contributed by atoms with Crippen LogP contribution in [0.1, 0.15) is 35.8 Å². The summed E-state index contributed by atoms with van der Waals surface area (Å²) < 4.78 is 5.28. The highest BCUT2D eigenvalue weighted by Gasteiger charge is 2.25. The molecule has 1 atom stereocenters. The van der Waals surface area contributed by atoms with Crippen LogP contribution in [-0.4, -0.2) is 46.1 Å². The summed E-state index contributed by atoms with van der Waals surface area (Å²) in [5.74, 6) is 1.38. The average molecular weight is 311 g/mol. The summed E-state index contributed by atoms with van der Waals surface area (Å²) in [6.45, 7) is 8.87. The van der Waals surface area contributed by atoms with Gasteiger partial charge in [-0.1, -0.05) is 17.3 Å². The van der Waals surface area contributed by atoms with Crippen molar-refractivity contribution in [1.82, 2.24) is 19.9 Å². The molecule has 6 heteroatoms. The number of rotatable bonds is 4. The van der Waals surface area contributed by atoms with Gasteiger partial charge in [0.25, 0.3) is 0 Å². The predicted molar refractivity (Wildman–Crippen MR) is 85.5 cm³/mol. The van der Waals surface area contributed by atoms with Crippen LogP contribution >= 0.6 is 0 Å². The molecule has 0 aliphatic carbocycles. The van der Waals surface area contributed by atoms with Gasteiger partial charge in [-0.2, -0.15) is 10.2 Å². The third-order valence-corrected chi connectivity index (χ3v) is 4.34. The Morgan fingerprint density at radius 2 is 1.91 bits per heavy atom. The second-order valence-electron chi connectivity index (χ2n) is 5.98. The first kappa shape index (κ1) is 15.7. The van der Waals surface area contributed by atoms with Gasteiger partial charge in [0.05, 0.1) is 17.7 Å². The van der Waals surface area contributed by atoms with Crippen LogP contribution in [0.15, 0.2) is 28.8 Å². The van der Waals surface area contributed by atoms with E-state index >= 15 is 0 Å². The van der Waals surface area contributed by atoms with Crippen LogP contribution in [0.3, 0.4) is 0 Å². The lowest BCUT2D eigenvalue weighted by Gasteiger charge is -2.36. The summed E-state index contributed by atoms with van der Waals surface area (Å²) in [6, 6.07) is 10.1. The highest BCUT2D eigenvalue weighted by molar-refractivity contribution is 5.31. The number of nitrogens with zero attached hydrogens (tertiary/aromatic N) is 5. The second-order valence-corrected chi connectivity index (χ2v) is 5.98. The third-order valence-electron chi connectivity index (χ3n) is 4.34. The van der Waals surface area contributed by atoms with Gasteiger partial charge >= 0.3 is 0 Å². The largest absolute Gasteiger partial charge is 0.338 e. The monoisotopic (exact) mass is 311 g/mol. The Balaban J connectivity index is 1.52. The molecule has 0 radical (unpaired) electrons. The van der Waals surface area contributed by atoms with Crippen LogP contribution in [-0.2, 0) is 6.54 Å². The van der Waals surface area contributed by atoms with E-state index in [2.05, 4.69) is 32.9 Å². The highest BCUT2D eigenvalue weighted by atomic mass is 16.5. The molecule has 0 bridgehead atoms. The molecule has 1 aliphatic heterocycles. The number of aryl methyl sites for hydroxylation is 1. The molecule has 120 valence electrons. The summed E-state index contributed by atoms with van der Waals surface area (Å²) in [6.07, 6.45) is 0. The minimum Gasteiger partial charge on any atom is -0.338 e. The fourth-order valence-corrected chi connectivity index (χ4v) is 2.89. The Bertz CT molecular complexity index is 680. The molecule has 23 heavy (non-hydrogen) atoms. The molecule has 0 unspecified atom stereocenters. The number of nitriles is 1. The van der Waals surface area contributed by atoms with Crippen LogP contribution < -0.4 is 0 Å². The van der Waals surface area contributed by atoms with E-state index < -0.39 is 0 Å². The van der Waals surface area contributed by atoms with Gasteiger partial charge in [0.15, 0.2) is 5.82 Å². The molecular formula is C17H21N5O. The van der Waals surface area contributed by atoms with Crippen molar-refractivity contribution in [3.8, 4) is 6.07 Å². The summed E-state index contributed by atoms with van der Waals surface area (Å²) in [5, 5.41) is 12.7. The minimum atomic E-state index is 0.160. The Hall–Kier alpha value is -2.23.